The lowest BCUT2D eigenvalue weighted by Gasteiger charge is -2.38. The van der Waals surface area contributed by atoms with E-state index in [4.69, 9.17) is 0 Å². The summed E-state index contributed by atoms with van der Waals surface area (Å²) in [7, 11) is 0. The van der Waals surface area contributed by atoms with Gasteiger partial charge < -0.3 is 4.90 Å². The zero-order valence-electron chi connectivity index (χ0n) is 16.2. The van der Waals surface area contributed by atoms with Crippen molar-refractivity contribution >= 4 is 5.69 Å². The summed E-state index contributed by atoms with van der Waals surface area (Å²) >= 11 is 0. The molecule has 0 radical (unpaired) electrons. The van der Waals surface area contributed by atoms with Gasteiger partial charge in [0.2, 0.25) is 0 Å². The smallest absolute Gasteiger partial charge is 0.123 e. The van der Waals surface area contributed by atoms with Crippen LogP contribution in [0.15, 0.2) is 42.5 Å². The molecule has 5 heteroatoms. The molecular formula is C22H29FN4. The number of hydrazine groups is 1. The Kier molecular flexibility index (Phi) is 5.43. The van der Waals surface area contributed by atoms with E-state index in [2.05, 4.69) is 52.7 Å². The van der Waals surface area contributed by atoms with Crippen LogP contribution >= 0.6 is 0 Å². The van der Waals surface area contributed by atoms with Gasteiger partial charge in [-0.15, -0.1) is 0 Å². The average molecular weight is 369 g/mol. The van der Waals surface area contributed by atoms with Crippen LogP contribution in [0.25, 0.3) is 0 Å². The highest BCUT2D eigenvalue weighted by atomic mass is 19.1. The molecule has 2 heterocycles. The molecule has 2 atom stereocenters. The van der Waals surface area contributed by atoms with E-state index in [0.717, 1.165) is 44.8 Å². The van der Waals surface area contributed by atoms with E-state index >= 15 is 0 Å². The van der Waals surface area contributed by atoms with Crippen LogP contribution in [0.5, 0.6) is 0 Å². The van der Waals surface area contributed by atoms with Crippen molar-refractivity contribution in [3.05, 3.63) is 65.0 Å². The highest BCUT2D eigenvalue weighted by molar-refractivity contribution is 5.56. The van der Waals surface area contributed by atoms with Gasteiger partial charge in [0.05, 0.1) is 6.04 Å². The van der Waals surface area contributed by atoms with Gasteiger partial charge in [0.25, 0.3) is 0 Å². The highest BCUT2D eigenvalue weighted by Gasteiger charge is 2.31. The van der Waals surface area contributed by atoms with Crippen molar-refractivity contribution in [1.29, 1.82) is 0 Å². The van der Waals surface area contributed by atoms with Crippen LogP contribution in [0.4, 0.5) is 10.1 Å². The number of nitrogens with zero attached hydrogens (tertiary/aromatic N) is 2. The normalized spacial score (nSPS) is 23.7. The minimum atomic E-state index is -0.177. The Morgan fingerprint density at radius 1 is 1.00 bits per heavy atom. The van der Waals surface area contributed by atoms with E-state index in [0.29, 0.717) is 5.92 Å². The number of benzene rings is 2. The lowest BCUT2D eigenvalue weighted by molar-refractivity contribution is 0.214. The number of rotatable bonds is 4. The first kappa shape index (κ1) is 18.4. The first-order valence-electron chi connectivity index (χ1n) is 9.89. The summed E-state index contributed by atoms with van der Waals surface area (Å²) in [5.74, 6) is 0.312. The summed E-state index contributed by atoms with van der Waals surface area (Å²) < 4.78 is 13.2. The van der Waals surface area contributed by atoms with E-state index in [1.54, 1.807) is 12.1 Å². The largest absolute Gasteiger partial charge is 0.369 e. The maximum absolute atomic E-state index is 13.2. The second-order valence-electron chi connectivity index (χ2n) is 7.82. The van der Waals surface area contributed by atoms with Crippen LogP contribution in [0.2, 0.25) is 0 Å². The second kappa shape index (κ2) is 7.97. The fourth-order valence-corrected chi connectivity index (χ4v) is 4.31. The summed E-state index contributed by atoms with van der Waals surface area (Å²) in [5.41, 5.74) is 12.0. The van der Waals surface area contributed by atoms with Crippen LogP contribution in [0.1, 0.15) is 22.7 Å². The lowest BCUT2D eigenvalue weighted by Crippen LogP contribution is -2.48. The minimum absolute atomic E-state index is 0.177. The molecule has 2 aliphatic heterocycles. The number of piperazine rings is 1. The third kappa shape index (κ3) is 4.00. The van der Waals surface area contributed by atoms with Crippen LogP contribution in [0.3, 0.4) is 0 Å². The number of nitrogens with one attached hydrogen (secondary N) is 2. The predicted octanol–water partition coefficient (Wildman–Crippen LogP) is 3.03. The van der Waals surface area contributed by atoms with Gasteiger partial charge in [0, 0.05) is 50.9 Å². The SMILES string of the molecule is Cc1cccc(N2CCN(CC3CNNC3c3ccc(F)cc3)CC2)c1C. The second-order valence-corrected chi connectivity index (χ2v) is 7.82. The van der Waals surface area contributed by atoms with Gasteiger partial charge in [-0.2, -0.15) is 0 Å². The van der Waals surface area contributed by atoms with Gasteiger partial charge in [0.1, 0.15) is 5.82 Å². The molecule has 0 aromatic heterocycles. The summed E-state index contributed by atoms with van der Waals surface area (Å²) in [4.78, 5) is 5.08. The first-order valence-corrected chi connectivity index (χ1v) is 9.89. The van der Waals surface area contributed by atoms with Crippen LogP contribution in [-0.2, 0) is 0 Å². The van der Waals surface area contributed by atoms with Gasteiger partial charge in [-0.1, -0.05) is 24.3 Å². The van der Waals surface area contributed by atoms with Gasteiger partial charge in [-0.25, -0.2) is 9.82 Å². The summed E-state index contributed by atoms with van der Waals surface area (Å²) in [6, 6.07) is 13.7. The molecule has 2 saturated heterocycles. The molecule has 2 N–H and O–H groups in total. The Morgan fingerprint density at radius 2 is 1.74 bits per heavy atom. The molecule has 2 unspecified atom stereocenters. The van der Waals surface area contributed by atoms with E-state index < -0.39 is 0 Å². The van der Waals surface area contributed by atoms with Crippen molar-refractivity contribution in [2.75, 3.05) is 44.2 Å². The first-order chi connectivity index (χ1) is 13.1. The third-order valence-electron chi connectivity index (χ3n) is 6.10. The van der Waals surface area contributed by atoms with Crippen molar-refractivity contribution in [3.8, 4) is 0 Å². The molecule has 2 fully saturated rings. The van der Waals surface area contributed by atoms with Crippen molar-refractivity contribution in [2.24, 2.45) is 5.92 Å². The van der Waals surface area contributed by atoms with E-state index in [1.807, 2.05) is 12.1 Å². The number of halogens is 1. The summed E-state index contributed by atoms with van der Waals surface area (Å²) in [6.45, 7) is 10.7. The third-order valence-corrected chi connectivity index (χ3v) is 6.10. The minimum Gasteiger partial charge on any atom is -0.369 e. The molecule has 2 aliphatic rings. The quantitative estimate of drug-likeness (QED) is 0.869. The molecular weight excluding hydrogens is 339 g/mol. The number of anilines is 1. The lowest BCUT2D eigenvalue weighted by atomic mass is 9.94. The zero-order valence-corrected chi connectivity index (χ0v) is 16.2. The molecule has 2 aromatic rings. The molecule has 4 nitrogen and oxygen atoms in total. The molecule has 0 saturated carbocycles. The van der Waals surface area contributed by atoms with E-state index in [-0.39, 0.29) is 11.9 Å². The zero-order chi connectivity index (χ0) is 18.8. The average Bonchev–Trinajstić information content (AvgIpc) is 3.13. The van der Waals surface area contributed by atoms with Crippen molar-refractivity contribution < 1.29 is 4.39 Å². The molecule has 2 aromatic carbocycles. The fourth-order valence-electron chi connectivity index (χ4n) is 4.31. The van der Waals surface area contributed by atoms with E-state index in [1.165, 1.54) is 16.8 Å². The molecule has 0 spiro atoms. The maximum Gasteiger partial charge on any atom is 0.123 e. The number of hydrogen-bond donors (Lipinski definition) is 2. The topological polar surface area (TPSA) is 30.5 Å². The maximum atomic E-state index is 13.2. The van der Waals surface area contributed by atoms with E-state index in [9.17, 15) is 4.39 Å². The number of hydrogen-bond acceptors (Lipinski definition) is 4. The highest BCUT2D eigenvalue weighted by Crippen LogP contribution is 2.27. The standard InChI is InChI=1S/C22H29FN4/c1-16-4-3-5-21(17(16)2)27-12-10-26(11-13-27)15-19-14-24-25-22(19)18-6-8-20(23)9-7-18/h3-9,19,22,24-25H,10-15H2,1-2H3. The summed E-state index contributed by atoms with van der Waals surface area (Å²) in [5, 5.41) is 0. The van der Waals surface area contributed by atoms with Crippen LogP contribution in [0, 0.1) is 25.6 Å². The molecule has 144 valence electrons. The van der Waals surface area contributed by atoms with Crippen molar-refractivity contribution in [1.82, 2.24) is 15.8 Å². The van der Waals surface area contributed by atoms with Gasteiger partial charge in [-0.3, -0.25) is 10.3 Å². The molecule has 0 bridgehead atoms. The molecule has 0 amide bonds. The predicted molar refractivity (Wildman–Crippen MR) is 108 cm³/mol. The Balaban J connectivity index is 1.36. The Bertz CT molecular complexity index is 768. The number of aryl methyl sites for hydroxylation is 1. The monoisotopic (exact) mass is 368 g/mol. The fraction of sp³-hybridized carbons (Fsp3) is 0.455. The Hall–Kier alpha value is -1.95. The molecule has 0 aliphatic carbocycles. The van der Waals surface area contributed by atoms with Crippen molar-refractivity contribution in [3.63, 3.8) is 0 Å². The van der Waals surface area contributed by atoms with Crippen LogP contribution < -0.4 is 15.8 Å². The summed E-state index contributed by atoms with van der Waals surface area (Å²) in [6.07, 6.45) is 0. The van der Waals surface area contributed by atoms with Gasteiger partial charge in [-0.05, 0) is 48.7 Å². The van der Waals surface area contributed by atoms with Crippen LogP contribution in [-0.4, -0.2) is 44.2 Å². The Morgan fingerprint density at radius 3 is 2.48 bits per heavy atom. The van der Waals surface area contributed by atoms with Crippen molar-refractivity contribution in [2.45, 2.75) is 19.9 Å². The van der Waals surface area contributed by atoms with Gasteiger partial charge >= 0.3 is 0 Å². The van der Waals surface area contributed by atoms with Gasteiger partial charge in [0.15, 0.2) is 0 Å². The molecule has 27 heavy (non-hydrogen) atoms. The molecule has 4 rings (SSSR count). The Labute approximate surface area is 161 Å².